The molecule has 152 valence electrons. The quantitative estimate of drug-likeness (QED) is 0.600. The first-order valence-electron chi connectivity index (χ1n) is 8.53. The summed E-state index contributed by atoms with van der Waals surface area (Å²) in [4.78, 5) is 12.3. The lowest BCUT2D eigenvalue weighted by atomic mass is 10.1. The average molecular weight is 445 g/mol. The molecule has 0 atom stereocenters. The van der Waals surface area contributed by atoms with Crippen molar-refractivity contribution in [1.82, 2.24) is 5.32 Å². The summed E-state index contributed by atoms with van der Waals surface area (Å²) in [6.07, 6.45) is 2.51. The van der Waals surface area contributed by atoms with E-state index in [0.717, 1.165) is 34.7 Å². The van der Waals surface area contributed by atoms with E-state index in [1.54, 1.807) is 13.2 Å². The van der Waals surface area contributed by atoms with E-state index in [9.17, 15) is 13.2 Å². The third-order valence-electron chi connectivity index (χ3n) is 3.99. The molecule has 0 heterocycles. The van der Waals surface area contributed by atoms with Crippen molar-refractivity contribution < 1.29 is 17.9 Å². The van der Waals surface area contributed by atoms with E-state index in [2.05, 4.69) is 5.32 Å². The topological polar surface area (TPSA) is 75.7 Å². The van der Waals surface area contributed by atoms with E-state index < -0.39 is 15.9 Å². The van der Waals surface area contributed by atoms with Crippen LogP contribution in [-0.2, 0) is 21.2 Å². The van der Waals surface area contributed by atoms with Crippen molar-refractivity contribution in [2.24, 2.45) is 0 Å². The van der Waals surface area contributed by atoms with Crippen LogP contribution in [0.5, 0.6) is 5.75 Å². The Bertz CT molecular complexity index is 918. The zero-order valence-corrected chi connectivity index (χ0v) is 17.9. The van der Waals surface area contributed by atoms with Crippen molar-refractivity contribution in [2.75, 3.05) is 30.8 Å². The number of methoxy groups -OCH3 is 1. The number of hydrogen-bond donors (Lipinski definition) is 1. The Morgan fingerprint density at radius 2 is 1.82 bits per heavy atom. The van der Waals surface area contributed by atoms with Crippen LogP contribution in [0.25, 0.3) is 0 Å². The molecule has 0 unspecified atom stereocenters. The van der Waals surface area contributed by atoms with Crippen LogP contribution in [-0.4, -0.2) is 40.8 Å². The molecule has 0 aliphatic rings. The zero-order valence-electron chi connectivity index (χ0n) is 15.6. The summed E-state index contributed by atoms with van der Waals surface area (Å²) in [5.74, 6) is 0.369. The van der Waals surface area contributed by atoms with Gasteiger partial charge in [-0.2, -0.15) is 0 Å². The van der Waals surface area contributed by atoms with Gasteiger partial charge in [0.25, 0.3) is 0 Å². The summed E-state index contributed by atoms with van der Waals surface area (Å²) in [6.45, 7) is 0.0488. The number of halogens is 2. The Morgan fingerprint density at radius 1 is 1.14 bits per heavy atom. The van der Waals surface area contributed by atoms with Crippen LogP contribution in [0.3, 0.4) is 0 Å². The standard InChI is InChI=1S/C19H22Cl2N2O4S/c1-27-16-8-5-14(6-9-16)4-3-11-22-19(24)13-23(28(2,25)26)18-12-15(20)7-10-17(18)21/h5-10,12H,3-4,11,13H2,1-2H3,(H,22,24). The first-order valence-corrected chi connectivity index (χ1v) is 11.1. The molecular formula is C19H22Cl2N2O4S. The number of sulfonamides is 1. The fourth-order valence-electron chi connectivity index (χ4n) is 2.56. The SMILES string of the molecule is COc1ccc(CCCNC(=O)CN(c2cc(Cl)ccc2Cl)S(C)(=O)=O)cc1. The van der Waals surface area contributed by atoms with Gasteiger partial charge in [-0.3, -0.25) is 9.10 Å². The van der Waals surface area contributed by atoms with Crippen LogP contribution in [0.2, 0.25) is 10.0 Å². The molecule has 6 nitrogen and oxygen atoms in total. The molecule has 2 aromatic rings. The molecule has 2 aromatic carbocycles. The van der Waals surface area contributed by atoms with Crippen molar-refractivity contribution in [3.05, 3.63) is 58.1 Å². The van der Waals surface area contributed by atoms with Crippen molar-refractivity contribution in [2.45, 2.75) is 12.8 Å². The highest BCUT2D eigenvalue weighted by atomic mass is 35.5. The fourth-order valence-corrected chi connectivity index (χ4v) is 3.85. The van der Waals surface area contributed by atoms with Crippen molar-refractivity contribution in [3.8, 4) is 5.75 Å². The van der Waals surface area contributed by atoms with Crippen LogP contribution in [0.1, 0.15) is 12.0 Å². The summed E-state index contributed by atoms with van der Waals surface area (Å²) in [7, 11) is -2.10. The van der Waals surface area contributed by atoms with Gasteiger partial charge in [-0.05, 0) is 48.7 Å². The van der Waals surface area contributed by atoms with Gasteiger partial charge in [0.05, 0.1) is 24.1 Å². The van der Waals surface area contributed by atoms with Gasteiger partial charge in [0, 0.05) is 11.6 Å². The Hall–Kier alpha value is -1.96. The minimum absolute atomic E-state index is 0.171. The Labute approximate surface area is 175 Å². The number of ether oxygens (including phenoxy) is 1. The highest BCUT2D eigenvalue weighted by molar-refractivity contribution is 7.92. The molecule has 9 heteroatoms. The molecule has 0 saturated heterocycles. The van der Waals surface area contributed by atoms with Gasteiger partial charge in [-0.1, -0.05) is 35.3 Å². The van der Waals surface area contributed by atoms with Gasteiger partial charge in [0.2, 0.25) is 15.9 Å². The molecule has 0 saturated carbocycles. The van der Waals surface area contributed by atoms with E-state index >= 15 is 0 Å². The Kier molecular flexibility index (Phi) is 7.98. The number of carbonyl (C=O) groups is 1. The van der Waals surface area contributed by atoms with Crippen molar-refractivity contribution >= 4 is 44.8 Å². The van der Waals surface area contributed by atoms with Gasteiger partial charge in [-0.15, -0.1) is 0 Å². The molecule has 0 fully saturated rings. The smallest absolute Gasteiger partial charge is 0.240 e. The monoisotopic (exact) mass is 444 g/mol. The van der Waals surface area contributed by atoms with Crippen LogP contribution in [0, 0.1) is 0 Å². The number of anilines is 1. The zero-order chi connectivity index (χ0) is 20.7. The van der Waals surface area contributed by atoms with Crippen molar-refractivity contribution in [1.29, 1.82) is 0 Å². The summed E-state index contributed by atoms with van der Waals surface area (Å²) in [6, 6.07) is 12.2. The maximum atomic E-state index is 12.3. The highest BCUT2D eigenvalue weighted by Gasteiger charge is 2.23. The van der Waals surface area contributed by atoms with E-state index in [1.165, 1.54) is 12.1 Å². The molecule has 2 rings (SSSR count). The predicted octanol–water partition coefficient (Wildman–Crippen LogP) is 3.52. The van der Waals surface area contributed by atoms with Gasteiger partial charge >= 0.3 is 0 Å². The summed E-state index contributed by atoms with van der Waals surface area (Å²) in [5, 5.41) is 3.26. The maximum absolute atomic E-state index is 12.3. The van der Waals surface area contributed by atoms with Gasteiger partial charge < -0.3 is 10.1 Å². The maximum Gasteiger partial charge on any atom is 0.240 e. The number of benzene rings is 2. The predicted molar refractivity (Wildman–Crippen MR) is 113 cm³/mol. The lowest BCUT2D eigenvalue weighted by Gasteiger charge is -2.23. The van der Waals surface area contributed by atoms with Gasteiger partial charge in [0.1, 0.15) is 12.3 Å². The number of amides is 1. The average Bonchev–Trinajstić information content (AvgIpc) is 2.65. The number of carbonyl (C=O) groups excluding carboxylic acids is 1. The molecule has 0 aliphatic carbocycles. The Balaban J connectivity index is 1.92. The Morgan fingerprint density at radius 3 is 2.43 bits per heavy atom. The van der Waals surface area contributed by atoms with Crippen molar-refractivity contribution in [3.63, 3.8) is 0 Å². The molecular weight excluding hydrogens is 423 g/mol. The van der Waals surface area contributed by atoms with Gasteiger partial charge in [0.15, 0.2) is 0 Å². The number of rotatable bonds is 9. The second-order valence-electron chi connectivity index (χ2n) is 6.17. The highest BCUT2D eigenvalue weighted by Crippen LogP contribution is 2.30. The minimum atomic E-state index is -3.71. The molecule has 0 spiro atoms. The number of hydrogen-bond acceptors (Lipinski definition) is 4. The van der Waals surface area contributed by atoms with Crippen LogP contribution < -0.4 is 14.4 Å². The second kappa shape index (κ2) is 10.0. The molecule has 0 radical (unpaired) electrons. The summed E-state index contributed by atoms with van der Waals surface area (Å²) in [5.41, 5.74) is 1.29. The molecule has 28 heavy (non-hydrogen) atoms. The normalized spacial score (nSPS) is 11.1. The molecule has 1 N–H and O–H groups in total. The second-order valence-corrected chi connectivity index (χ2v) is 8.92. The van der Waals surface area contributed by atoms with Crippen LogP contribution in [0.15, 0.2) is 42.5 Å². The lowest BCUT2D eigenvalue weighted by Crippen LogP contribution is -2.40. The van der Waals surface area contributed by atoms with Crippen LogP contribution >= 0.6 is 23.2 Å². The van der Waals surface area contributed by atoms with E-state index in [-0.39, 0.29) is 17.3 Å². The molecule has 0 aromatic heterocycles. The lowest BCUT2D eigenvalue weighted by molar-refractivity contribution is -0.119. The minimum Gasteiger partial charge on any atom is -0.497 e. The van der Waals surface area contributed by atoms with Gasteiger partial charge in [-0.25, -0.2) is 8.42 Å². The van der Waals surface area contributed by atoms with E-state index in [0.29, 0.717) is 11.6 Å². The number of aryl methyl sites for hydroxylation is 1. The molecule has 0 aliphatic heterocycles. The first kappa shape index (κ1) is 22.3. The third-order valence-corrected chi connectivity index (χ3v) is 5.67. The largest absolute Gasteiger partial charge is 0.497 e. The van der Waals surface area contributed by atoms with E-state index in [1.807, 2.05) is 24.3 Å². The summed E-state index contributed by atoms with van der Waals surface area (Å²) >= 11 is 12.0. The summed E-state index contributed by atoms with van der Waals surface area (Å²) < 4.78 is 30.3. The third kappa shape index (κ3) is 6.58. The van der Waals surface area contributed by atoms with E-state index in [4.69, 9.17) is 27.9 Å². The number of nitrogens with zero attached hydrogens (tertiary/aromatic N) is 1. The molecule has 0 bridgehead atoms. The first-order chi connectivity index (χ1) is 13.2. The van der Waals surface area contributed by atoms with Crippen LogP contribution in [0.4, 0.5) is 5.69 Å². The fraction of sp³-hybridized carbons (Fsp3) is 0.316. The number of nitrogens with one attached hydrogen (secondary N) is 1. The molecule has 1 amide bonds.